The van der Waals surface area contributed by atoms with E-state index in [0.717, 1.165) is 43.8 Å². The zero-order chi connectivity index (χ0) is 17.8. The summed E-state index contributed by atoms with van der Waals surface area (Å²) in [6.07, 6.45) is 3.16. The maximum Gasteiger partial charge on any atom is 0.255 e. The number of amides is 2. The molecule has 136 valence electrons. The summed E-state index contributed by atoms with van der Waals surface area (Å²) in [5, 5.41) is 0. The van der Waals surface area contributed by atoms with E-state index in [1.54, 1.807) is 0 Å². The molecule has 1 aromatic carbocycles. The van der Waals surface area contributed by atoms with Crippen LogP contribution in [0.2, 0.25) is 0 Å². The molecule has 0 spiro atoms. The highest BCUT2D eigenvalue weighted by molar-refractivity contribution is 8.00. The standard InChI is InChI=1S/C19H27N3O2S/c1-14-10-15(11-20)12-22(14)19(24)16-6-2-3-7-17(16)25-13-18(23)21-8-4-5-9-21/h2-3,6-7,14-15H,4-5,8-13,20H2,1H3. The Morgan fingerprint density at radius 1 is 1.24 bits per heavy atom. The first-order valence-electron chi connectivity index (χ1n) is 9.10. The monoisotopic (exact) mass is 361 g/mol. The number of thioether (sulfide) groups is 1. The number of carbonyl (C=O) groups is 2. The van der Waals surface area contributed by atoms with E-state index >= 15 is 0 Å². The maximum atomic E-state index is 13.0. The summed E-state index contributed by atoms with van der Waals surface area (Å²) in [5.41, 5.74) is 6.48. The molecule has 2 saturated heterocycles. The molecule has 0 bridgehead atoms. The van der Waals surface area contributed by atoms with Crippen LogP contribution < -0.4 is 5.73 Å². The zero-order valence-electron chi connectivity index (χ0n) is 14.8. The molecule has 25 heavy (non-hydrogen) atoms. The molecule has 2 unspecified atom stereocenters. The summed E-state index contributed by atoms with van der Waals surface area (Å²) in [6, 6.07) is 7.84. The second-order valence-electron chi connectivity index (χ2n) is 7.02. The fraction of sp³-hybridized carbons (Fsp3) is 0.579. The van der Waals surface area contributed by atoms with Gasteiger partial charge in [0.25, 0.3) is 5.91 Å². The van der Waals surface area contributed by atoms with Crippen LogP contribution in [0, 0.1) is 5.92 Å². The molecular weight excluding hydrogens is 334 g/mol. The number of rotatable bonds is 5. The van der Waals surface area contributed by atoms with E-state index in [9.17, 15) is 9.59 Å². The van der Waals surface area contributed by atoms with Gasteiger partial charge in [-0.15, -0.1) is 11.8 Å². The summed E-state index contributed by atoms with van der Waals surface area (Å²) < 4.78 is 0. The Kier molecular flexibility index (Phi) is 6.02. The molecule has 3 rings (SSSR count). The lowest BCUT2D eigenvalue weighted by Crippen LogP contribution is -2.34. The van der Waals surface area contributed by atoms with Crippen LogP contribution in [0.4, 0.5) is 0 Å². The number of nitrogens with zero attached hydrogens (tertiary/aromatic N) is 2. The van der Waals surface area contributed by atoms with E-state index in [2.05, 4.69) is 6.92 Å². The Labute approximate surface area is 153 Å². The van der Waals surface area contributed by atoms with Crippen LogP contribution in [0.5, 0.6) is 0 Å². The van der Waals surface area contributed by atoms with E-state index < -0.39 is 0 Å². The SMILES string of the molecule is CC1CC(CN)CN1C(=O)c1ccccc1SCC(=O)N1CCCC1. The first-order chi connectivity index (χ1) is 12.1. The average Bonchev–Trinajstić information content (AvgIpc) is 3.29. The third-order valence-corrected chi connectivity index (χ3v) is 6.24. The van der Waals surface area contributed by atoms with Crippen molar-refractivity contribution >= 4 is 23.6 Å². The molecule has 2 aliphatic heterocycles. The lowest BCUT2D eigenvalue weighted by molar-refractivity contribution is -0.127. The van der Waals surface area contributed by atoms with Gasteiger partial charge >= 0.3 is 0 Å². The fourth-order valence-electron chi connectivity index (χ4n) is 3.72. The van der Waals surface area contributed by atoms with Gasteiger partial charge in [-0.1, -0.05) is 12.1 Å². The molecule has 0 saturated carbocycles. The van der Waals surface area contributed by atoms with Gasteiger partial charge in [0.2, 0.25) is 5.91 Å². The highest BCUT2D eigenvalue weighted by Crippen LogP contribution is 2.29. The van der Waals surface area contributed by atoms with Gasteiger partial charge in [0.05, 0.1) is 11.3 Å². The van der Waals surface area contributed by atoms with Gasteiger partial charge in [-0.2, -0.15) is 0 Å². The molecule has 5 nitrogen and oxygen atoms in total. The van der Waals surface area contributed by atoms with Crippen LogP contribution in [0.25, 0.3) is 0 Å². The number of likely N-dealkylation sites (tertiary alicyclic amines) is 2. The third-order valence-electron chi connectivity index (χ3n) is 5.18. The maximum absolute atomic E-state index is 13.0. The molecule has 2 fully saturated rings. The predicted molar refractivity (Wildman–Crippen MR) is 101 cm³/mol. The van der Waals surface area contributed by atoms with Crippen LogP contribution in [0.3, 0.4) is 0 Å². The normalized spacial score (nSPS) is 23.3. The molecule has 2 atom stereocenters. The Morgan fingerprint density at radius 2 is 1.96 bits per heavy atom. The van der Waals surface area contributed by atoms with Crippen molar-refractivity contribution < 1.29 is 9.59 Å². The summed E-state index contributed by atoms with van der Waals surface area (Å²) in [6.45, 7) is 5.16. The zero-order valence-corrected chi connectivity index (χ0v) is 15.6. The minimum atomic E-state index is 0.0557. The number of hydrogen-bond acceptors (Lipinski definition) is 4. The van der Waals surface area contributed by atoms with Crippen molar-refractivity contribution in [2.75, 3.05) is 31.9 Å². The van der Waals surface area contributed by atoms with E-state index in [1.165, 1.54) is 11.8 Å². The van der Waals surface area contributed by atoms with E-state index in [1.807, 2.05) is 34.1 Å². The van der Waals surface area contributed by atoms with Crippen molar-refractivity contribution in [3.05, 3.63) is 29.8 Å². The molecule has 1 aromatic rings. The summed E-state index contributed by atoms with van der Waals surface area (Å²) in [5.74, 6) is 1.00. The topological polar surface area (TPSA) is 66.6 Å². The smallest absolute Gasteiger partial charge is 0.255 e. The van der Waals surface area contributed by atoms with Gasteiger partial charge in [-0.05, 0) is 50.8 Å². The van der Waals surface area contributed by atoms with Gasteiger partial charge in [-0.25, -0.2) is 0 Å². The second kappa shape index (κ2) is 8.23. The van der Waals surface area contributed by atoms with Crippen LogP contribution in [-0.2, 0) is 4.79 Å². The minimum absolute atomic E-state index is 0.0557. The highest BCUT2D eigenvalue weighted by atomic mass is 32.2. The average molecular weight is 362 g/mol. The van der Waals surface area contributed by atoms with Gasteiger partial charge in [0.1, 0.15) is 0 Å². The molecule has 0 aliphatic carbocycles. The first-order valence-corrected chi connectivity index (χ1v) is 10.1. The van der Waals surface area contributed by atoms with Crippen molar-refractivity contribution in [3.8, 4) is 0 Å². The Hall–Kier alpha value is -1.53. The van der Waals surface area contributed by atoms with Crippen LogP contribution in [0.1, 0.15) is 36.5 Å². The predicted octanol–water partition coefficient (Wildman–Crippen LogP) is 2.21. The molecule has 2 amide bonds. The number of benzene rings is 1. The van der Waals surface area contributed by atoms with Crippen LogP contribution in [-0.4, -0.2) is 59.6 Å². The molecule has 2 N–H and O–H groups in total. The Balaban J connectivity index is 1.68. The van der Waals surface area contributed by atoms with Crippen LogP contribution >= 0.6 is 11.8 Å². The van der Waals surface area contributed by atoms with E-state index in [4.69, 9.17) is 5.73 Å². The quantitative estimate of drug-likeness (QED) is 0.817. The van der Waals surface area contributed by atoms with Crippen molar-refractivity contribution in [2.45, 2.75) is 37.1 Å². The summed E-state index contributed by atoms with van der Waals surface area (Å²) in [7, 11) is 0. The van der Waals surface area contributed by atoms with E-state index in [-0.39, 0.29) is 17.9 Å². The van der Waals surface area contributed by atoms with Crippen molar-refractivity contribution in [1.82, 2.24) is 9.80 Å². The molecule has 6 heteroatoms. The lowest BCUT2D eigenvalue weighted by atomic mass is 10.1. The minimum Gasteiger partial charge on any atom is -0.342 e. The molecular formula is C19H27N3O2S. The molecule has 2 aliphatic rings. The van der Waals surface area contributed by atoms with Crippen molar-refractivity contribution in [3.63, 3.8) is 0 Å². The van der Waals surface area contributed by atoms with Gasteiger partial charge in [-0.3, -0.25) is 9.59 Å². The first kappa shape index (κ1) is 18.3. The third kappa shape index (κ3) is 4.18. The van der Waals surface area contributed by atoms with Gasteiger partial charge in [0.15, 0.2) is 0 Å². The number of hydrogen-bond donors (Lipinski definition) is 1. The van der Waals surface area contributed by atoms with E-state index in [0.29, 0.717) is 23.8 Å². The van der Waals surface area contributed by atoms with Gasteiger partial charge in [0, 0.05) is 30.6 Å². The number of nitrogens with two attached hydrogens (primary N) is 1. The molecule has 2 heterocycles. The highest BCUT2D eigenvalue weighted by Gasteiger charge is 2.33. The summed E-state index contributed by atoms with van der Waals surface area (Å²) >= 11 is 1.47. The summed E-state index contributed by atoms with van der Waals surface area (Å²) in [4.78, 5) is 30.0. The lowest BCUT2D eigenvalue weighted by Gasteiger charge is -2.23. The Bertz CT molecular complexity index is 631. The van der Waals surface area contributed by atoms with Crippen LogP contribution in [0.15, 0.2) is 29.2 Å². The molecule has 0 aromatic heterocycles. The van der Waals surface area contributed by atoms with Crippen molar-refractivity contribution in [1.29, 1.82) is 0 Å². The largest absolute Gasteiger partial charge is 0.342 e. The van der Waals surface area contributed by atoms with Gasteiger partial charge < -0.3 is 15.5 Å². The fourth-order valence-corrected chi connectivity index (χ4v) is 4.66. The Morgan fingerprint density at radius 3 is 2.64 bits per heavy atom. The van der Waals surface area contributed by atoms with Crippen molar-refractivity contribution in [2.24, 2.45) is 11.7 Å². The molecule has 0 radical (unpaired) electrons. The second-order valence-corrected chi connectivity index (χ2v) is 8.03. The number of carbonyl (C=O) groups excluding carboxylic acids is 2.